The average Bonchev–Trinajstić information content (AvgIpc) is 1.55. The van der Waals surface area contributed by atoms with E-state index in [9.17, 15) is 0 Å². The van der Waals surface area contributed by atoms with E-state index < -0.39 is 105 Å². The minimum absolute atomic E-state index is 0.0139. The topological polar surface area (TPSA) is 165 Å². The van der Waals surface area contributed by atoms with Crippen LogP contribution >= 0.6 is 0 Å². The fraction of sp³-hybridized carbons (Fsp3) is 0.310. The SMILES string of the molecule is CO[C@H]1O[C@H](C(=O)/C=C/[C@H]2O[C@H](O[C@]3(COCOCc4ccccc4)O[C@H](CO[Si](c4ccccc4)(c4ccccc4)C(C)(C)C)[C@@H](OCc4ccccc4)[C@@H]3OCc3ccccc3)[C@H](OCc3ccccc3)[C@@H](OCc3ccccc3)[C@@H]2OCc2ccccc2)[C@@H](OCc2ccccc2)[C@H](OCc2ccccc2)[C@H]1OCc1ccccc1. The Kier molecular flexibility index (Phi) is 30.8. The van der Waals surface area contributed by atoms with E-state index in [0.717, 1.165) is 60.4 Å². The first-order chi connectivity index (χ1) is 58.0. The van der Waals surface area contributed by atoms with Crippen molar-refractivity contribution in [3.05, 3.63) is 396 Å². The smallest absolute Gasteiger partial charge is 0.261 e. The van der Waals surface area contributed by atoms with Gasteiger partial charge in [-0.2, -0.15) is 0 Å². The zero-order valence-corrected chi connectivity index (χ0v) is 68.3. The highest BCUT2D eigenvalue weighted by Crippen LogP contribution is 2.45. The van der Waals surface area contributed by atoms with Gasteiger partial charge in [-0.3, -0.25) is 4.79 Å². The lowest BCUT2D eigenvalue weighted by Gasteiger charge is -2.48. The van der Waals surface area contributed by atoms with Crippen LogP contribution < -0.4 is 10.4 Å². The average molecular weight is 1610 g/mol. The Morgan fingerprint density at radius 2 is 0.686 bits per heavy atom. The van der Waals surface area contributed by atoms with Gasteiger partial charge < -0.3 is 75.5 Å². The van der Waals surface area contributed by atoms with E-state index in [1.165, 1.54) is 13.2 Å². The number of rotatable bonds is 41. The van der Waals surface area contributed by atoms with Crippen molar-refractivity contribution in [3.8, 4) is 0 Å². The predicted molar refractivity (Wildman–Crippen MR) is 453 cm³/mol. The number of ether oxygens (including phenoxy) is 15. The van der Waals surface area contributed by atoms with Crippen molar-refractivity contribution >= 4 is 24.5 Å². The molecule has 3 fully saturated rings. The molecule has 612 valence electrons. The van der Waals surface area contributed by atoms with Crippen molar-refractivity contribution in [2.24, 2.45) is 0 Å². The zero-order chi connectivity index (χ0) is 81.0. The molecule has 0 aliphatic carbocycles. The number of benzene rings is 11. The molecule has 0 radical (unpaired) electrons. The van der Waals surface area contributed by atoms with Crippen molar-refractivity contribution in [2.75, 3.05) is 27.1 Å². The summed E-state index contributed by atoms with van der Waals surface area (Å²) >= 11 is 0. The predicted octanol–water partition coefficient (Wildman–Crippen LogP) is 16.8. The lowest BCUT2D eigenvalue weighted by atomic mass is 9.93. The molecule has 0 saturated carbocycles. The number of hydrogen-bond donors (Lipinski definition) is 0. The molecule has 3 heterocycles. The van der Waals surface area contributed by atoms with Crippen LogP contribution in [-0.4, -0.2) is 127 Å². The van der Waals surface area contributed by atoms with Gasteiger partial charge in [-0.15, -0.1) is 0 Å². The third kappa shape index (κ3) is 22.5. The maximum atomic E-state index is 16.2. The molecule has 11 aromatic rings. The van der Waals surface area contributed by atoms with Crippen molar-refractivity contribution < 1.29 is 80.3 Å². The van der Waals surface area contributed by atoms with Gasteiger partial charge >= 0.3 is 0 Å². The summed E-state index contributed by atoms with van der Waals surface area (Å²) in [6.07, 6.45) is -11.4. The fourth-order valence-electron chi connectivity index (χ4n) is 15.6. The van der Waals surface area contributed by atoms with Crippen molar-refractivity contribution in [1.82, 2.24) is 0 Å². The van der Waals surface area contributed by atoms with Crippen molar-refractivity contribution in [1.29, 1.82) is 0 Å². The summed E-state index contributed by atoms with van der Waals surface area (Å²) in [7, 11) is -1.83. The molecule has 3 aliphatic heterocycles. The molecule has 0 aromatic heterocycles. The highest BCUT2D eigenvalue weighted by Gasteiger charge is 2.63. The van der Waals surface area contributed by atoms with Gasteiger partial charge in [-0.05, 0) is 77.6 Å². The molecular formula is C100H106O17Si. The van der Waals surface area contributed by atoms with E-state index in [2.05, 4.69) is 69.3 Å². The second-order valence-electron chi connectivity index (χ2n) is 30.8. The number of carbonyl (C=O) groups excluding carboxylic acids is 1. The Balaban J connectivity index is 0.913. The summed E-state index contributed by atoms with van der Waals surface area (Å²) in [5.41, 5.74) is 7.98. The molecule has 3 aliphatic rings. The van der Waals surface area contributed by atoms with Gasteiger partial charge in [0.15, 0.2) is 24.5 Å². The van der Waals surface area contributed by atoms with Gasteiger partial charge in [0.25, 0.3) is 8.32 Å². The molecule has 0 amide bonds. The molecule has 3 saturated heterocycles. The van der Waals surface area contributed by atoms with Crippen LogP contribution in [0.1, 0.15) is 70.8 Å². The van der Waals surface area contributed by atoms with Crippen molar-refractivity contribution in [2.45, 2.75) is 171 Å². The Morgan fingerprint density at radius 3 is 1.07 bits per heavy atom. The van der Waals surface area contributed by atoms with Gasteiger partial charge in [0.05, 0.1) is 66.1 Å². The molecule has 0 unspecified atom stereocenters. The monoisotopic (exact) mass is 1610 g/mol. The fourth-order valence-corrected chi connectivity index (χ4v) is 20.2. The van der Waals surface area contributed by atoms with E-state index in [1.807, 2.05) is 285 Å². The molecule has 14 rings (SSSR count). The molecule has 118 heavy (non-hydrogen) atoms. The Hall–Kier alpha value is -9.59. The number of methoxy groups -OCH3 is 1. The molecule has 0 N–H and O–H groups in total. The summed E-state index contributed by atoms with van der Waals surface area (Å²) in [4.78, 5) is 16.2. The van der Waals surface area contributed by atoms with Crippen LogP contribution in [0.5, 0.6) is 0 Å². The minimum Gasteiger partial charge on any atom is -0.405 e. The van der Waals surface area contributed by atoms with Gasteiger partial charge in [-0.25, -0.2) is 0 Å². The van der Waals surface area contributed by atoms with E-state index in [-0.39, 0.29) is 79.5 Å². The van der Waals surface area contributed by atoms with E-state index in [4.69, 9.17) is 75.5 Å². The van der Waals surface area contributed by atoms with Crippen LogP contribution in [0.25, 0.3) is 0 Å². The number of ketones is 1. The standard InChI is InChI=1S/C100H106O17Si/c1-99(2,3)118(83-56-34-14-35-57-83,84-58-36-15-37-59-84)113-71-87-90(106-64-76-42-20-7-21-43-76)96(112-70-82-54-32-13-33-55-82)100(116-87,72-104-73-103-62-74-38-16-5-17-39-74)117-98-95(111-69-81-52-30-12-31-53-81)92(108-66-78-46-24-9-25-47-78)89(105-63-75-40-18-6-19-41-75)86(114-98)61-60-85(101)88-91(107-65-77-44-22-8-23-45-77)93(109-67-79-48-26-10-27-49-79)94(97(102-4)115-88)110-68-80-50-28-11-29-51-80/h5-61,86-98H,62-73H2,1-4H3/b61-60+/t86-,87-,88-,89-,90-,91-,92+,93+,94-,95-,96+,97+,98-,100+/m1/s1. The summed E-state index contributed by atoms with van der Waals surface area (Å²) in [5, 5.41) is 1.69. The molecule has 17 nitrogen and oxygen atoms in total. The Labute approximate surface area is 694 Å². The van der Waals surface area contributed by atoms with E-state index in [0.29, 0.717) is 0 Å². The third-order valence-electron chi connectivity index (χ3n) is 21.5. The summed E-state index contributed by atoms with van der Waals surface area (Å²) in [6.45, 7) is 7.28. The Bertz CT molecular complexity index is 4690. The van der Waals surface area contributed by atoms with Crippen LogP contribution in [-0.2, 0) is 140 Å². The number of carbonyl (C=O) groups is 1. The quantitative estimate of drug-likeness (QED) is 0.0154. The first-order valence-corrected chi connectivity index (χ1v) is 42.5. The molecular weight excluding hydrogens is 1500 g/mol. The molecule has 0 spiro atoms. The summed E-state index contributed by atoms with van der Waals surface area (Å²) in [6, 6.07) is 110. The van der Waals surface area contributed by atoms with E-state index in [1.54, 1.807) is 6.08 Å². The highest BCUT2D eigenvalue weighted by molar-refractivity contribution is 6.99. The van der Waals surface area contributed by atoms with Crippen LogP contribution in [0.4, 0.5) is 0 Å². The highest BCUT2D eigenvalue weighted by atomic mass is 28.4. The van der Waals surface area contributed by atoms with Crippen LogP contribution in [0.3, 0.4) is 0 Å². The lowest BCUT2D eigenvalue weighted by Crippen LogP contribution is -2.67. The maximum absolute atomic E-state index is 16.2. The second kappa shape index (κ2) is 42.9. The molecule has 11 aromatic carbocycles. The van der Waals surface area contributed by atoms with Gasteiger partial charge in [-0.1, -0.05) is 354 Å². The van der Waals surface area contributed by atoms with Gasteiger partial charge in [0.1, 0.15) is 74.4 Å². The molecule has 0 bridgehead atoms. The minimum atomic E-state index is -3.35. The first kappa shape index (κ1) is 84.8. The van der Waals surface area contributed by atoms with Crippen molar-refractivity contribution in [3.63, 3.8) is 0 Å². The lowest BCUT2D eigenvalue weighted by molar-refractivity contribution is -0.394. The van der Waals surface area contributed by atoms with Crippen LogP contribution in [0.2, 0.25) is 5.04 Å². The summed E-state index contributed by atoms with van der Waals surface area (Å²) < 4.78 is 116. The molecule has 14 atom stereocenters. The van der Waals surface area contributed by atoms with Crippen LogP contribution in [0, 0.1) is 0 Å². The third-order valence-corrected chi connectivity index (χ3v) is 26.5. The Morgan fingerprint density at radius 1 is 0.364 bits per heavy atom. The first-order valence-electron chi connectivity index (χ1n) is 40.6. The number of hydrogen-bond acceptors (Lipinski definition) is 17. The second-order valence-corrected chi connectivity index (χ2v) is 35.1. The largest absolute Gasteiger partial charge is 0.405 e. The van der Waals surface area contributed by atoms with Gasteiger partial charge in [0, 0.05) is 7.11 Å². The van der Waals surface area contributed by atoms with Gasteiger partial charge in [0.2, 0.25) is 5.79 Å². The normalized spacial score (nSPS) is 23.4. The van der Waals surface area contributed by atoms with Crippen LogP contribution in [0.15, 0.2) is 346 Å². The molecule has 18 heteroatoms. The summed E-state index contributed by atoms with van der Waals surface area (Å²) in [5.74, 6) is -2.52. The maximum Gasteiger partial charge on any atom is 0.261 e. The zero-order valence-electron chi connectivity index (χ0n) is 67.3. The van der Waals surface area contributed by atoms with E-state index >= 15 is 4.79 Å².